The van der Waals surface area contributed by atoms with E-state index in [-0.39, 0.29) is 60.7 Å². The summed E-state index contributed by atoms with van der Waals surface area (Å²) >= 11 is 1.61. The van der Waals surface area contributed by atoms with Crippen LogP contribution in [0.4, 0.5) is 13.2 Å². The smallest absolute Gasteiger partial charge is 0.394 e. The molecule has 5 rings (SSSR count). The third-order valence-electron chi connectivity index (χ3n) is 11.6. The van der Waals surface area contributed by atoms with Crippen LogP contribution in [0.3, 0.4) is 0 Å². The quantitative estimate of drug-likeness (QED) is 0.0958. The summed E-state index contributed by atoms with van der Waals surface area (Å²) in [7, 11) is 0. The van der Waals surface area contributed by atoms with Gasteiger partial charge in [0.15, 0.2) is 5.78 Å². The predicted octanol–water partition coefficient (Wildman–Crippen LogP) is 14.2. The zero-order valence-electron chi connectivity index (χ0n) is 34.3. The van der Waals surface area contributed by atoms with Crippen LogP contribution < -0.4 is 0 Å². The molecule has 0 fully saturated rings. The van der Waals surface area contributed by atoms with Crippen LogP contribution in [0, 0.1) is 41.1 Å². The fourth-order valence-corrected chi connectivity index (χ4v) is 7.28. The van der Waals surface area contributed by atoms with Crippen LogP contribution in [0.15, 0.2) is 66.6 Å². The molecule has 0 aliphatic heterocycles. The first-order chi connectivity index (χ1) is 24.2. The third kappa shape index (κ3) is 9.14. The number of nitrogens with zero attached hydrogens (tertiary/aromatic N) is 1. The van der Waals surface area contributed by atoms with Crippen LogP contribution >= 0.6 is 11.3 Å². The van der Waals surface area contributed by atoms with Gasteiger partial charge < -0.3 is 5.11 Å². The number of aliphatic hydroxyl groups is 1. The Kier molecular flexibility index (Phi) is 13.6. The van der Waals surface area contributed by atoms with E-state index in [0.29, 0.717) is 0 Å². The van der Waals surface area contributed by atoms with Crippen molar-refractivity contribution in [3.05, 3.63) is 89.3 Å². The number of aliphatic hydroxyl groups excluding tert-OH is 1. The molecule has 8 heteroatoms. The third-order valence-corrected chi connectivity index (χ3v) is 13.0. The van der Waals surface area contributed by atoms with Crippen molar-refractivity contribution >= 4 is 48.1 Å². The van der Waals surface area contributed by atoms with Crippen molar-refractivity contribution in [1.82, 2.24) is 4.98 Å². The van der Waals surface area contributed by atoms with Gasteiger partial charge in [0.05, 0.1) is 5.41 Å². The van der Waals surface area contributed by atoms with Crippen molar-refractivity contribution in [2.75, 3.05) is 0 Å². The molecule has 0 saturated heterocycles. The first-order valence-corrected chi connectivity index (χ1v) is 19.3. The molecule has 54 heavy (non-hydrogen) atoms. The number of thiophene rings is 1. The molecule has 2 heterocycles. The number of allylic oxidation sites excluding steroid dienone is 2. The maximum absolute atomic E-state index is 13.6. The number of benzene rings is 3. The number of hydrogen-bond acceptors (Lipinski definition) is 4. The number of alkyl halides is 3. The molecule has 1 radical (unpaired) electrons. The summed E-state index contributed by atoms with van der Waals surface area (Å²) < 4.78 is 42.8. The van der Waals surface area contributed by atoms with Crippen molar-refractivity contribution < 1.29 is 43.2 Å². The van der Waals surface area contributed by atoms with Crippen molar-refractivity contribution in [2.45, 2.75) is 115 Å². The van der Waals surface area contributed by atoms with E-state index < -0.39 is 17.0 Å². The summed E-state index contributed by atoms with van der Waals surface area (Å²) in [5.41, 5.74) is 2.04. The Morgan fingerprint density at radius 3 is 1.96 bits per heavy atom. The predicted molar refractivity (Wildman–Crippen MR) is 219 cm³/mol. The maximum Gasteiger partial charge on any atom is 0.394 e. The van der Waals surface area contributed by atoms with Crippen LogP contribution in [0.25, 0.3) is 42.2 Å². The molecule has 3 aromatic carbocycles. The fourth-order valence-electron chi connectivity index (χ4n) is 5.96. The van der Waals surface area contributed by atoms with Crippen LogP contribution in [-0.4, -0.2) is 22.1 Å². The van der Waals surface area contributed by atoms with E-state index >= 15 is 0 Å². The van der Waals surface area contributed by atoms with Crippen LogP contribution in [0.5, 0.6) is 0 Å². The molecule has 0 unspecified atom stereocenters. The van der Waals surface area contributed by atoms with Gasteiger partial charge in [0.1, 0.15) is 5.76 Å². The van der Waals surface area contributed by atoms with Gasteiger partial charge in [-0.2, -0.15) is 13.2 Å². The molecule has 0 amide bonds. The summed E-state index contributed by atoms with van der Waals surface area (Å²) in [5.74, 6) is 0.722. The molecular weight excluding hydrogens is 880 g/mol. The van der Waals surface area contributed by atoms with Gasteiger partial charge in [0.2, 0.25) is 0 Å². The molecular formula is C46H57F3IrNO2S-. The second-order valence-electron chi connectivity index (χ2n) is 18.0. The molecule has 0 spiro atoms. The summed E-state index contributed by atoms with van der Waals surface area (Å²) in [6.07, 6.45) is -1.08. The number of aromatic nitrogens is 1. The van der Waals surface area contributed by atoms with E-state index in [1.54, 1.807) is 11.3 Å². The average molecular weight is 937 g/mol. The first kappa shape index (κ1) is 45.3. The molecule has 5 aromatic rings. The number of fused-ring (bicyclic) bond motifs is 4. The summed E-state index contributed by atoms with van der Waals surface area (Å²) in [4.78, 5) is 16.9. The summed E-state index contributed by atoms with van der Waals surface area (Å²) in [5, 5.41) is 14.5. The molecule has 0 aliphatic rings. The number of pyridine rings is 1. The normalized spacial score (nSPS) is 13.4. The van der Waals surface area contributed by atoms with E-state index in [0.717, 1.165) is 47.9 Å². The monoisotopic (exact) mass is 937 g/mol. The Bertz CT molecular complexity index is 2160. The Labute approximate surface area is 338 Å². The van der Waals surface area contributed by atoms with Crippen molar-refractivity contribution in [1.29, 1.82) is 0 Å². The van der Waals surface area contributed by atoms with Crippen LogP contribution in [-0.2, 0) is 36.7 Å². The number of rotatable bonds is 8. The van der Waals surface area contributed by atoms with Gasteiger partial charge in [-0.15, -0.1) is 40.5 Å². The fraction of sp³-hybridized carbons (Fsp3) is 0.478. The second-order valence-corrected chi connectivity index (χ2v) is 19.0. The second kappa shape index (κ2) is 16.2. The number of aryl methyl sites for hydroxylation is 1. The van der Waals surface area contributed by atoms with Gasteiger partial charge in [0, 0.05) is 63.7 Å². The van der Waals surface area contributed by atoms with Gasteiger partial charge >= 0.3 is 6.18 Å². The number of carbonyl (C=O) groups is 1. The summed E-state index contributed by atoms with van der Waals surface area (Å²) in [6, 6.07) is 19.9. The molecule has 1 N–H and O–H groups in total. The number of carbonyl (C=O) groups excluding carboxylic acids is 1. The maximum atomic E-state index is 13.6. The number of halogens is 3. The van der Waals surface area contributed by atoms with Gasteiger partial charge in [0.25, 0.3) is 0 Å². The van der Waals surface area contributed by atoms with E-state index in [2.05, 4.69) is 51.1 Å². The Hall–Kier alpha value is -3.06. The molecule has 2 aromatic heterocycles. The summed E-state index contributed by atoms with van der Waals surface area (Å²) in [6.45, 7) is 27.0. The first-order valence-electron chi connectivity index (χ1n) is 18.5. The molecule has 3 nitrogen and oxygen atoms in total. The number of ketones is 1. The molecule has 295 valence electrons. The van der Waals surface area contributed by atoms with Crippen molar-refractivity contribution in [3.63, 3.8) is 0 Å². The van der Waals surface area contributed by atoms with Gasteiger partial charge in [-0.1, -0.05) is 131 Å². The average Bonchev–Trinajstić information content (AvgIpc) is 3.44. The molecule has 0 bridgehead atoms. The van der Waals surface area contributed by atoms with Crippen LogP contribution in [0.1, 0.15) is 107 Å². The van der Waals surface area contributed by atoms with E-state index in [1.165, 1.54) is 30.9 Å². The van der Waals surface area contributed by atoms with Crippen molar-refractivity contribution in [3.8, 4) is 11.3 Å². The van der Waals surface area contributed by atoms with Crippen molar-refractivity contribution in [2.24, 2.45) is 28.1 Å². The zero-order valence-corrected chi connectivity index (χ0v) is 37.5. The van der Waals surface area contributed by atoms with Gasteiger partial charge in [-0.05, 0) is 53.2 Å². The largest absolute Gasteiger partial charge is 0.512 e. The Morgan fingerprint density at radius 1 is 0.833 bits per heavy atom. The number of hydrogen-bond donors (Lipinski definition) is 1. The van der Waals surface area contributed by atoms with E-state index in [9.17, 15) is 23.1 Å². The molecule has 0 atom stereocenters. The minimum absolute atomic E-state index is 0. The minimum Gasteiger partial charge on any atom is -0.512 e. The zero-order chi connectivity index (χ0) is 40.1. The minimum atomic E-state index is -4.26. The van der Waals surface area contributed by atoms with E-state index in [1.807, 2.05) is 92.8 Å². The standard InChI is InChI=1S/C31H29F3NS.C15H28O2.Ir/c1-18-20(17-30(5,6)31(32,33)34)11-12-23-24-13-14-35-26(28(24)36-27(18)23)21-15-19-9-7-8-10-22(19)25(16-21)29(2,3)4;1-10(2)14(5,6)12(16)9-13(17)15(7,8)11(3)4;/h7-14,16H,17H2,1-6H3;9-11,16H,1-8H3;/q-1;;/b;12-9-;. The van der Waals surface area contributed by atoms with E-state index in [4.69, 9.17) is 4.98 Å². The SMILES string of the molecule is CC(C)C(C)(C)C(=O)/C=C(\O)C(C)(C)C(C)C.Cc1c(CC(C)(C)C(F)(F)F)ccc2c1sc1c(-c3[c-]c4ccccc4c(C(C)(C)C)c3)nccc12.[Ir]. The molecule has 0 aliphatic carbocycles. The van der Waals surface area contributed by atoms with Gasteiger partial charge in [-0.25, -0.2) is 0 Å². The topological polar surface area (TPSA) is 50.2 Å². The Morgan fingerprint density at radius 2 is 1.41 bits per heavy atom. The van der Waals surface area contributed by atoms with Gasteiger partial charge in [-0.3, -0.25) is 9.78 Å². The Balaban J connectivity index is 0.000000372. The van der Waals surface area contributed by atoms with Crippen LogP contribution in [0.2, 0.25) is 0 Å². The molecule has 0 saturated carbocycles.